The molecule has 4 nitrogen and oxygen atoms in total. The van der Waals surface area contributed by atoms with E-state index in [9.17, 15) is 9.59 Å². The van der Waals surface area contributed by atoms with E-state index in [4.69, 9.17) is 0 Å². The van der Waals surface area contributed by atoms with Gasteiger partial charge < -0.3 is 10.2 Å². The molecule has 0 aromatic heterocycles. The average molecular weight is 316 g/mol. The van der Waals surface area contributed by atoms with E-state index in [1.165, 1.54) is 5.56 Å². The maximum atomic E-state index is 12.2. The lowest BCUT2D eigenvalue weighted by Crippen LogP contribution is -2.41. The number of anilines is 1. The highest BCUT2D eigenvalue weighted by Crippen LogP contribution is 2.31. The molecule has 1 saturated carbocycles. The first-order chi connectivity index (χ1) is 10.9. The maximum Gasteiger partial charge on any atom is 0.223 e. The Morgan fingerprint density at radius 1 is 1.30 bits per heavy atom. The Hall–Kier alpha value is -1.84. The SMILES string of the molecule is CC(=O)N(CCNC(=O)C1CCC1)c1c(C)cccc1C(C)C. The number of carbonyl (C=O) groups is 2. The normalized spacial score (nSPS) is 14.5. The smallest absolute Gasteiger partial charge is 0.223 e. The lowest BCUT2D eigenvalue weighted by Gasteiger charge is -2.28. The van der Waals surface area contributed by atoms with Gasteiger partial charge in [0.25, 0.3) is 0 Å². The van der Waals surface area contributed by atoms with Crippen molar-refractivity contribution < 1.29 is 9.59 Å². The molecule has 2 rings (SSSR count). The molecule has 23 heavy (non-hydrogen) atoms. The van der Waals surface area contributed by atoms with Crippen molar-refractivity contribution in [2.45, 2.75) is 52.9 Å². The molecule has 1 aliphatic rings. The minimum absolute atomic E-state index is 0.0130. The zero-order valence-corrected chi connectivity index (χ0v) is 14.7. The molecule has 0 radical (unpaired) electrons. The van der Waals surface area contributed by atoms with Crippen molar-refractivity contribution in [2.24, 2.45) is 5.92 Å². The minimum atomic E-state index is 0.0130. The third-order valence-corrected chi connectivity index (χ3v) is 4.65. The van der Waals surface area contributed by atoms with Crippen molar-refractivity contribution in [1.82, 2.24) is 5.32 Å². The monoisotopic (exact) mass is 316 g/mol. The first kappa shape index (κ1) is 17.5. The summed E-state index contributed by atoms with van der Waals surface area (Å²) in [7, 11) is 0. The Morgan fingerprint density at radius 2 is 2.00 bits per heavy atom. The zero-order valence-electron chi connectivity index (χ0n) is 14.7. The van der Waals surface area contributed by atoms with Crippen LogP contribution in [0.3, 0.4) is 0 Å². The molecule has 1 fully saturated rings. The number of hydrogen-bond donors (Lipinski definition) is 1. The van der Waals surface area contributed by atoms with Gasteiger partial charge >= 0.3 is 0 Å². The van der Waals surface area contributed by atoms with E-state index in [0.29, 0.717) is 19.0 Å². The number of hydrogen-bond acceptors (Lipinski definition) is 2. The van der Waals surface area contributed by atoms with Gasteiger partial charge in [-0.2, -0.15) is 0 Å². The van der Waals surface area contributed by atoms with Crippen molar-refractivity contribution in [3.05, 3.63) is 29.3 Å². The molecule has 1 aliphatic carbocycles. The molecule has 0 bridgehead atoms. The van der Waals surface area contributed by atoms with E-state index in [1.54, 1.807) is 11.8 Å². The third-order valence-electron chi connectivity index (χ3n) is 4.65. The van der Waals surface area contributed by atoms with E-state index in [-0.39, 0.29) is 17.7 Å². The fourth-order valence-electron chi connectivity index (χ4n) is 3.05. The highest BCUT2D eigenvalue weighted by Gasteiger charge is 2.25. The summed E-state index contributed by atoms with van der Waals surface area (Å²) >= 11 is 0. The summed E-state index contributed by atoms with van der Waals surface area (Å²) in [6.45, 7) is 8.90. The Morgan fingerprint density at radius 3 is 2.52 bits per heavy atom. The Labute approximate surface area is 139 Å². The van der Waals surface area contributed by atoms with Crippen LogP contribution in [0.2, 0.25) is 0 Å². The largest absolute Gasteiger partial charge is 0.354 e. The number of nitrogens with zero attached hydrogens (tertiary/aromatic N) is 1. The number of nitrogens with one attached hydrogen (secondary N) is 1. The Kier molecular flexibility index (Phi) is 5.80. The van der Waals surface area contributed by atoms with Crippen molar-refractivity contribution in [3.8, 4) is 0 Å². The summed E-state index contributed by atoms with van der Waals surface area (Å²) < 4.78 is 0. The van der Waals surface area contributed by atoms with Crippen molar-refractivity contribution in [2.75, 3.05) is 18.0 Å². The number of benzene rings is 1. The molecule has 0 spiro atoms. The molecule has 0 aliphatic heterocycles. The van der Waals surface area contributed by atoms with Gasteiger partial charge in [0.05, 0.1) is 5.69 Å². The summed E-state index contributed by atoms with van der Waals surface area (Å²) in [5.41, 5.74) is 3.26. The van der Waals surface area contributed by atoms with Gasteiger partial charge in [0.2, 0.25) is 11.8 Å². The zero-order chi connectivity index (χ0) is 17.0. The molecular formula is C19H28N2O2. The Bertz CT molecular complexity index is 577. The molecule has 1 aromatic carbocycles. The second-order valence-corrected chi connectivity index (χ2v) is 6.76. The van der Waals surface area contributed by atoms with E-state index in [1.807, 2.05) is 19.1 Å². The van der Waals surface area contributed by atoms with Gasteiger partial charge in [-0.1, -0.05) is 38.5 Å². The second-order valence-electron chi connectivity index (χ2n) is 6.76. The maximum absolute atomic E-state index is 12.2. The van der Waals surface area contributed by atoms with Gasteiger partial charge in [-0.05, 0) is 36.8 Å². The second kappa shape index (κ2) is 7.62. The van der Waals surface area contributed by atoms with Gasteiger partial charge in [-0.3, -0.25) is 9.59 Å². The van der Waals surface area contributed by atoms with E-state index >= 15 is 0 Å². The van der Waals surface area contributed by atoms with Gasteiger partial charge in [0, 0.05) is 25.9 Å². The first-order valence-corrected chi connectivity index (χ1v) is 8.57. The van der Waals surface area contributed by atoms with Gasteiger partial charge in [-0.15, -0.1) is 0 Å². The topological polar surface area (TPSA) is 49.4 Å². The molecule has 126 valence electrons. The number of carbonyl (C=O) groups excluding carboxylic acids is 2. The van der Waals surface area contributed by atoms with Crippen LogP contribution in [0.5, 0.6) is 0 Å². The molecule has 0 heterocycles. The van der Waals surface area contributed by atoms with Crippen LogP contribution in [-0.4, -0.2) is 24.9 Å². The van der Waals surface area contributed by atoms with Crippen LogP contribution < -0.4 is 10.2 Å². The van der Waals surface area contributed by atoms with E-state index < -0.39 is 0 Å². The van der Waals surface area contributed by atoms with Crippen molar-refractivity contribution in [3.63, 3.8) is 0 Å². The average Bonchev–Trinajstić information content (AvgIpc) is 2.41. The number of rotatable bonds is 6. The standard InChI is InChI=1S/C19H28N2O2/c1-13(2)17-10-5-7-14(3)18(17)21(15(4)22)12-11-20-19(23)16-8-6-9-16/h5,7,10,13,16H,6,8-9,11-12H2,1-4H3,(H,20,23). The van der Waals surface area contributed by atoms with Gasteiger partial charge in [-0.25, -0.2) is 0 Å². The van der Waals surface area contributed by atoms with Crippen LogP contribution in [0.25, 0.3) is 0 Å². The van der Waals surface area contributed by atoms with Crippen LogP contribution in [0.15, 0.2) is 18.2 Å². The predicted molar refractivity (Wildman–Crippen MR) is 93.6 cm³/mol. The number of para-hydroxylation sites is 1. The van der Waals surface area contributed by atoms with Crippen molar-refractivity contribution >= 4 is 17.5 Å². The molecule has 0 unspecified atom stereocenters. The molecule has 1 N–H and O–H groups in total. The molecule has 0 saturated heterocycles. The third kappa shape index (κ3) is 4.12. The summed E-state index contributed by atoms with van der Waals surface area (Å²) in [5, 5.41) is 2.98. The van der Waals surface area contributed by atoms with E-state index in [0.717, 1.165) is 30.5 Å². The lowest BCUT2D eigenvalue weighted by atomic mass is 9.85. The van der Waals surface area contributed by atoms with Crippen LogP contribution in [-0.2, 0) is 9.59 Å². The molecular weight excluding hydrogens is 288 g/mol. The summed E-state index contributed by atoms with van der Waals surface area (Å²) in [6.07, 6.45) is 3.15. The number of aryl methyl sites for hydroxylation is 1. The Balaban J connectivity index is 2.09. The molecule has 2 amide bonds. The highest BCUT2D eigenvalue weighted by molar-refractivity contribution is 5.93. The molecule has 0 atom stereocenters. The summed E-state index contributed by atoms with van der Waals surface area (Å²) in [6, 6.07) is 6.14. The van der Waals surface area contributed by atoms with Crippen LogP contribution in [0, 0.1) is 12.8 Å². The highest BCUT2D eigenvalue weighted by atomic mass is 16.2. The van der Waals surface area contributed by atoms with Crippen LogP contribution in [0.4, 0.5) is 5.69 Å². The van der Waals surface area contributed by atoms with Crippen molar-refractivity contribution in [1.29, 1.82) is 0 Å². The van der Waals surface area contributed by atoms with E-state index in [2.05, 4.69) is 25.2 Å². The molecule has 4 heteroatoms. The number of amides is 2. The van der Waals surface area contributed by atoms with Crippen LogP contribution >= 0.6 is 0 Å². The fraction of sp³-hybridized carbons (Fsp3) is 0.579. The van der Waals surface area contributed by atoms with Gasteiger partial charge in [0.15, 0.2) is 0 Å². The summed E-state index contributed by atoms with van der Waals surface area (Å²) in [5.74, 6) is 0.675. The lowest BCUT2D eigenvalue weighted by molar-refractivity contribution is -0.127. The first-order valence-electron chi connectivity index (χ1n) is 8.57. The predicted octanol–water partition coefficient (Wildman–Crippen LogP) is 3.39. The quantitative estimate of drug-likeness (QED) is 0.874. The van der Waals surface area contributed by atoms with Crippen LogP contribution in [0.1, 0.15) is 57.1 Å². The van der Waals surface area contributed by atoms with Gasteiger partial charge in [0.1, 0.15) is 0 Å². The summed E-state index contributed by atoms with van der Waals surface area (Å²) in [4.78, 5) is 25.9. The minimum Gasteiger partial charge on any atom is -0.354 e. The fourth-order valence-corrected chi connectivity index (χ4v) is 3.05. The molecule has 1 aromatic rings.